The molecule has 96 valence electrons. The van der Waals surface area contributed by atoms with E-state index < -0.39 is 23.0 Å². The van der Waals surface area contributed by atoms with E-state index in [-0.39, 0.29) is 6.61 Å². The van der Waals surface area contributed by atoms with Crippen LogP contribution in [0, 0.1) is 11.3 Å². The van der Waals surface area contributed by atoms with Crippen molar-refractivity contribution < 1.29 is 14.3 Å². The standard InChI is InChI=1S/C12H20N2O3/c1-10(2,3)17-9(15)14-11(4,5)16-8-12(14,6)7-13/h8H2,1-6H3. The van der Waals surface area contributed by atoms with Crippen molar-refractivity contribution in [1.82, 2.24) is 4.90 Å². The van der Waals surface area contributed by atoms with Gasteiger partial charge in [-0.25, -0.2) is 4.79 Å². The Morgan fingerprint density at radius 2 is 1.94 bits per heavy atom. The molecule has 5 nitrogen and oxygen atoms in total. The summed E-state index contributed by atoms with van der Waals surface area (Å²) in [5.74, 6) is 0. The minimum atomic E-state index is -0.980. The largest absolute Gasteiger partial charge is 0.444 e. The SMILES string of the molecule is CC(C)(C)OC(=O)N1C(C)(C#N)COC1(C)C. The predicted octanol–water partition coefficient (Wildman–Crippen LogP) is 2.27. The van der Waals surface area contributed by atoms with Gasteiger partial charge >= 0.3 is 6.09 Å². The highest BCUT2D eigenvalue weighted by Crippen LogP contribution is 2.35. The molecule has 1 saturated heterocycles. The molecule has 1 atom stereocenters. The Balaban J connectivity index is 3.00. The normalized spacial score (nSPS) is 27.7. The van der Waals surface area contributed by atoms with Crippen LogP contribution < -0.4 is 0 Å². The maximum absolute atomic E-state index is 12.1. The van der Waals surface area contributed by atoms with Crippen LogP contribution in [0.1, 0.15) is 41.5 Å². The summed E-state index contributed by atoms with van der Waals surface area (Å²) in [6.45, 7) is 10.7. The third-order valence-corrected chi connectivity index (χ3v) is 2.56. The van der Waals surface area contributed by atoms with Crippen molar-refractivity contribution in [1.29, 1.82) is 5.26 Å². The minimum absolute atomic E-state index is 0.190. The van der Waals surface area contributed by atoms with Gasteiger partial charge in [0, 0.05) is 0 Å². The van der Waals surface area contributed by atoms with Gasteiger partial charge in [-0.05, 0) is 41.5 Å². The fourth-order valence-corrected chi connectivity index (χ4v) is 1.85. The van der Waals surface area contributed by atoms with Crippen molar-refractivity contribution >= 4 is 6.09 Å². The van der Waals surface area contributed by atoms with E-state index in [1.807, 2.05) is 0 Å². The zero-order valence-corrected chi connectivity index (χ0v) is 11.3. The maximum atomic E-state index is 12.1. The van der Waals surface area contributed by atoms with E-state index in [1.54, 1.807) is 41.5 Å². The summed E-state index contributed by atoms with van der Waals surface area (Å²) < 4.78 is 10.8. The van der Waals surface area contributed by atoms with Gasteiger partial charge in [-0.15, -0.1) is 0 Å². The molecule has 0 saturated carbocycles. The molecule has 1 aliphatic heterocycles. The van der Waals surface area contributed by atoms with Gasteiger partial charge in [-0.2, -0.15) is 5.26 Å². The average Bonchev–Trinajstić information content (AvgIpc) is 2.35. The van der Waals surface area contributed by atoms with Gasteiger partial charge in [0.15, 0.2) is 5.54 Å². The number of rotatable bonds is 0. The number of nitrogens with zero attached hydrogens (tertiary/aromatic N) is 2. The van der Waals surface area contributed by atoms with Crippen molar-refractivity contribution in [2.24, 2.45) is 0 Å². The molecule has 5 heteroatoms. The Labute approximate surface area is 102 Å². The van der Waals surface area contributed by atoms with E-state index in [4.69, 9.17) is 9.47 Å². The third kappa shape index (κ3) is 2.70. The molecule has 0 aromatic heterocycles. The first-order valence-corrected chi connectivity index (χ1v) is 5.60. The Morgan fingerprint density at radius 1 is 1.41 bits per heavy atom. The number of hydrogen-bond donors (Lipinski definition) is 0. The summed E-state index contributed by atoms with van der Waals surface area (Å²) in [6.07, 6.45) is -0.524. The second-order valence-electron chi connectivity index (χ2n) is 5.94. The summed E-state index contributed by atoms with van der Waals surface area (Å²) in [5.41, 5.74) is -2.40. The summed E-state index contributed by atoms with van der Waals surface area (Å²) in [5, 5.41) is 9.20. The number of nitriles is 1. The second-order valence-corrected chi connectivity index (χ2v) is 5.94. The first-order chi connectivity index (χ1) is 7.52. The van der Waals surface area contributed by atoms with Gasteiger partial charge in [0.2, 0.25) is 0 Å². The Hall–Kier alpha value is -1.28. The lowest BCUT2D eigenvalue weighted by molar-refractivity contribution is -0.0648. The fraction of sp³-hybridized carbons (Fsp3) is 0.833. The molecule has 1 fully saturated rings. The molecule has 17 heavy (non-hydrogen) atoms. The quantitative estimate of drug-likeness (QED) is 0.651. The van der Waals surface area contributed by atoms with Crippen molar-refractivity contribution in [2.45, 2.75) is 58.4 Å². The monoisotopic (exact) mass is 240 g/mol. The second kappa shape index (κ2) is 3.88. The molecule has 0 radical (unpaired) electrons. The van der Waals surface area contributed by atoms with Gasteiger partial charge in [0.25, 0.3) is 0 Å². The van der Waals surface area contributed by atoms with Crippen LogP contribution in [0.4, 0.5) is 4.79 Å². The molecule has 1 unspecified atom stereocenters. The van der Waals surface area contributed by atoms with Crippen LogP contribution in [0.15, 0.2) is 0 Å². The van der Waals surface area contributed by atoms with Crippen LogP contribution in [-0.2, 0) is 9.47 Å². The molecule has 0 aromatic carbocycles. The number of carbonyl (C=O) groups is 1. The van der Waals surface area contributed by atoms with Crippen LogP contribution in [0.2, 0.25) is 0 Å². The number of ether oxygens (including phenoxy) is 2. The zero-order valence-electron chi connectivity index (χ0n) is 11.3. The van der Waals surface area contributed by atoms with E-state index in [2.05, 4.69) is 6.07 Å². The lowest BCUT2D eigenvalue weighted by Gasteiger charge is -2.36. The van der Waals surface area contributed by atoms with Crippen LogP contribution in [0.25, 0.3) is 0 Å². The minimum Gasteiger partial charge on any atom is -0.444 e. The molecule has 0 aromatic rings. The number of carbonyl (C=O) groups excluding carboxylic acids is 1. The Morgan fingerprint density at radius 3 is 2.35 bits per heavy atom. The zero-order chi connectivity index (χ0) is 13.5. The van der Waals surface area contributed by atoms with E-state index in [9.17, 15) is 10.1 Å². The highest BCUT2D eigenvalue weighted by atomic mass is 16.6. The van der Waals surface area contributed by atoms with Crippen LogP contribution >= 0.6 is 0 Å². The van der Waals surface area contributed by atoms with Gasteiger partial charge in [-0.3, -0.25) is 4.90 Å². The lowest BCUT2D eigenvalue weighted by atomic mass is 10.0. The molecule has 0 bridgehead atoms. The first-order valence-electron chi connectivity index (χ1n) is 5.60. The van der Waals surface area contributed by atoms with Crippen LogP contribution in [0.5, 0.6) is 0 Å². The Kier molecular flexibility index (Phi) is 3.15. The molecule has 1 aliphatic rings. The number of hydrogen-bond acceptors (Lipinski definition) is 4. The first kappa shape index (κ1) is 13.8. The van der Waals surface area contributed by atoms with Crippen molar-refractivity contribution in [3.05, 3.63) is 0 Å². The smallest absolute Gasteiger partial charge is 0.413 e. The van der Waals surface area contributed by atoms with Crippen LogP contribution in [0.3, 0.4) is 0 Å². The number of amides is 1. The molecule has 1 rings (SSSR count). The van der Waals surface area contributed by atoms with E-state index in [0.717, 1.165) is 0 Å². The topological polar surface area (TPSA) is 62.6 Å². The van der Waals surface area contributed by atoms with Crippen molar-refractivity contribution in [3.8, 4) is 6.07 Å². The fourth-order valence-electron chi connectivity index (χ4n) is 1.85. The summed E-state index contributed by atoms with van der Waals surface area (Å²) in [7, 11) is 0. The highest BCUT2D eigenvalue weighted by molar-refractivity contribution is 5.71. The third-order valence-electron chi connectivity index (χ3n) is 2.56. The maximum Gasteiger partial charge on any atom is 0.413 e. The summed E-state index contributed by atoms with van der Waals surface area (Å²) >= 11 is 0. The van der Waals surface area contributed by atoms with E-state index in [1.165, 1.54) is 4.90 Å². The summed E-state index contributed by atoms with van der Waals surface area (Å²) in [6, 6.07) is 2.11. The van der Waals surface area contributed by atoms with Gasteiger partial charge in [-0.1, -0.05) is 0 Å². The molecule has 1 heterocycles. The Bertz CT molecular complexity index is 365. The summed E-state index contributed by atoms with van der Waals surface area (Å²) in [4.78, 5) is 13.5. The highest BCUT2D eigenvalue weighted by Gasteiger charge is 2.53. The average molecular weight is 240 g/mol. The van der Waals surface area contributed by atoms with Crippen LogP contribution in [-0.4, -0.2) is 34.5 Å². The predicted molar refractivity (Wildman–Crippen MR) is 62.1 cm³/mol. The van der Waals surface area contributed by atoms with Crippen molar-refractivity contribution in [2.75, 3.05) is 6.61 Å². The van der Waals surface area contributed by atoms with E-state index >= 15 is 0 Å². The molecular formula is C12H20N2O3. The van der Waals surface area contributed by atoms with Crippen molar-refractivity contribution in [3.63, 3.8) is 0 Å². The van der Waals surface area contributed by atoms with Gasteiger partial charge in [0.05, 0.1) is 12.7 Å². The molecule has 0 N–H and O–H groups in total. The molecule has 1 amide bonds. The molecule has 0 spiro atoms. The van der Waals surface area contributed by atoms with E-state index in [0.29, 0.717) is 0 Å². The van der Waals surface area contributed by atoms with Gasteiger partial charge < -0.3 is 9.47 Å². The molecular weight excluding hydrogens is 220 g/mol. The molecule has 0 aliphatic carbocycles. The van der Waals surface area contributed by atoms with Gasteiger partial charge in [0.1, 0.15) is 11.3 Å². The lowest BCUT2D eigenvalue weighted by Crippen LogP contribution is -2.54.